The van der Waals surface area contributed by atoms with E-state index >= 15 is 0 Å². The highest BCUT2D eigenvalue weighted by Crippen LogP contribution is 2.39. The second-order valence-electron chi connectivity index (χ2n) is 5.00. The zero-order valence-corrected chi connectivity index (χ0v) is 13.8. The summed E-state index contributed by atoms with van der Waals surface area (Å²) in [5, 5.41) is 0.856. The molecule has 0 bridgehead atoms. The number of nitrogens with one attached hydrogen (secondary N) is 2. The molecule has 1 aliphatic heterocycles. The first-order chi connectivity index (χ1) is 11.5. The number of carbonyl (C=O) groups is 2. The Morgan fingerprint density at radius 2 is 1.79 bits per heavy atom. The first-order valence-electron chi connectivity index (χ1n) is 6.95. The van der Waals surface area contributed by atoms with Crippen molar-refractivity contribution >= 4 is 35.0 Å². The second kappa shape index (κ2) is 6.98. The van der Waals surface area contributed by atoms with Gasteiger partial charge in [-0.05, 0) is 29.8 Å². The first kappa shape index (κ1) is 16.4. The molecule has 1 heterocycles. The molecule has 0 saturated heterocycles. The Balaban J connectivity index is 1.58. The fourth-order valence-electron chi connectivity index (χ4n) is 2.13. The van der Waals surface area contributed by atoms with Gasteiger partial charge in [0.2, 0.25) is 12.7 Å². The van der Waals surface area contributed by atoms with E-state index in [4.69, 9.17) is 32.7 Å². The van der Waals surface area contributed by atoms with Crippen LogP contribution in [0.5, 0.6) is 11.5 Å². The van der Waals surface area contributed by atoms with Gasteiger partial charge in [0.05, 0.1) is 11.4 Å². The number of hydrazine groups is 1. The van der Waals surface area contributed by atoms with Gasteiger partial charge in [-0.25, -0.2) is 0 Å². The summed E-state index contributed by atoms with van der Waals surface area (Å²) < 4.78 is 10.4. The van der Waals surface area contributed by atoms with Crippen molar-refractivity contribution in [1.29, 1.82) is 0 Å². The largest absolute Gasteiger partial charge is 0.454 e. The molecule has 0 unspecified atom stereocenters. The minimum absolute atomic E-state index is 0.0535. The molecule has 0 aromatic heterocycles. The number of ether oxygens (including phenoxy) is 2. The maximum atomic E-state index is 12.1. The van der Waals surface area contributed by atoms with Crippen molar-refractivity contribution in [3.63, 3.8) is 0 Å². The molecule has 0 atom stereocenters. The maximum absolute atomic E-state index is 12.1. The number of halogens is 2. The van der Waals surface area contributed by atoms with Gasteiger partial charge in [-0.2, -0.15) is 0 Å². The van der Waals surface area contributed by atoms with Crippen molar-refractivity contribution in [2.45, 2.75) is 6.42 Å². The van der Waals surface area contributed by atoms with Crippen LogP contribution in [0.25, 0.3) is 0 Å². The minimum atomic E-state index is -0.514. The zero-order chi connectivity index (χ0) is 17.1. The third-order valence-electron chi connectivity index (χ3n) is 3.28. The van der Waals surface area contributed by atoms with Crippen LogP contribution in [0.4, 0.5) is 0 Å². The lowest BCUT2D eigenvalue weighted by Gasteiger charge is -2.09. The molecular weight excluding hydrogens is 355 g/mol. The summed E-state index contributed by atoms with van der Waals surface area (Å²) in [5.74, 6) is -0.0858. The topological polar surface area (TPSA) is 76.7 Å². The van der Waals surface area contributed by atoms with E-state index in [-0.39, 0.29) is 29.7 Å². The van der Waals surface area contributed by atoms with Gasteiger partial charge in [0, 0.05) is 10.6 Å². The molecule has 0 spiro atoms. The number of hydrogen-bond acceptors (Lipinski definition) is 4. The lowest BCUT2D eigenvalue weighted by Crippen LogP contribution is -2.42. The SMILES string of the molecule is O=C(Cc1ccc(Cl)cc1)NNC(=O)c1cc(Cl)c2c(c1)OCO2. The Hall–Kier alpha value is -2.44. The first-order valence-corrected chi connectivity index (χ1v) is 7.71. The molecule has 8 heteroatoms. The van der Waals surface area contributed by atoms with Crippen LogP contribution in [0.3, 0.4) is 0 Å². The van der Waals surface area contributed by atoms with Crippen LogP contribution < -0.4 is 20.3 Å². The van der Waals surface area contributed by atoms with Crippen molar-refractivity contribution < 1.29 is 19.1 Å². The van der Waals surface area contributed by atoms with Crippen LogP contribution in [0.1, 0.15) is 15.9 Å². The fraction of sp³-hybridized carbons (Fsp3) is 0.125. The maximum Gasteiger partial charge on any atom is 0.269 e. The summed E-state index contributed by atoms with van der Waals surface area (Å²) >= 11 is 11.8. The van der Waals surface area contributed by atoms with Gasteiger partial charge < -0.3 is 9.47 Å². The molecule has 124 valence electrons. The highest BCUT2D eigenvalue weighted by Gasteiger charge is 2.20. The van der Waals surface area contributed by atoms with Crippen LogP contribution in [-0.4, -0.2) is 18.6 Å². The van der Waals surface area contributed by atoms with Crippen molar-refractivity contribution in [3.05, 3.63) is 57.6 Å². The van der Waals surface area contributed by atoms with E-state index in [1.54, 1.807) is 24.3 Å². The van der Waals surface area contributed by atoms with E-state index in [1.165, 1.54) is 12.1 Å². The Morgan fingerprint density at radius 3 is 2.54 bits per heavy atom. The molecule has 0 aliphatic carbocycles. The fourth-order valence-corrected chi connectivity index (χ4v) is 2.52. The Bertz CT molecular complexity index is 793. The molecule has 2 aromatic carbocycles. The molecular formula is C16H12Cl2N2O4. The van der Waals surface area contributed by atoms with Crippen LogP contribution in [0.15, 0.2) is 36.4 Å². The highest BCUT2D eigenvalue weighted by molar-refractivity contribution is 6.32. The average Bonchev–Trinajstić information content (AvgIpc) is 3.04. The van der Waals surface area contributed by atoms with Crippen molar-refractivity contribution in [3.8, 4) is 11.5 Å². The van der Waals surface area contributed by atoms with Crippen LogP contribution in [0, 0.1) is 0 Å². The predicted octanol–water partition coefficient (Wildman–Crippen LogP) is 2.73. The summed E-state index contributed by atoms with van der Waals surface area (Å²) in [6.45, 7) is 0.0535. The Labute approximate surface area is 147 Å². The molecule has 3 rings (SSSR count). The number of rotatable bonds is 3. The molecule has 6 nitrogen and oxygen atoms in total. The smallest absolute Gasteiger partial charge is 0.269 e. The summed E-state index contributed by atoms with van der Waals surface area (Å²) in [4.78, 5) is 24.0. The van der Waals surface area contributed by atoms with Gasteiger partial charge in [0.25, 0.3) is 5.91 Å². The molecule has 2 aromatic rings. The molecule has 0 radical (unpaired) electrons. The van der Waals surface area contributed by atoms with E-state index < -0.39 is 5.91 Å². The highest BCUT2D eigenvalue weighted by atomic mass is 35.5. The number of benzene rings is 2. The van der Waals surface area contributed by atoms with Gasteiger partial charge in [-0.15, -0.1) is 0 Å². The average molecular weight is 367 g/mol. The van der Waals surface area contributed by atoms with E-state index in [2.05, 4.69) is 10.9 Å². The van der Waals surface area contributed by atoms with Crippen LogP contribution in [0.2, 0.25) is 10.0 Å². The van der Waals surface area contributed by atoms with Crippen LogP contribution >= 0.6 is 23.2 Å². The molecule has 0 fully saturated rings. The van der Waals surface area contributed by atoms with Gasteiger partial charge >= 0.3 is 0 Å². The van der Waals surface area contributed by atoms with E-state index in [9.17, 15) is 9.59 Å². The number of amides is 2. The standard InChI is InChI=1S/C16H12Cl2N2O4/c17-11-3-1-9(2-4-11)5-14(21)19-20-16(22)10-6-12(18)15-13(7-10)23-8-24-15/h1-4,6-7H,5,8H2,(H,19,21)(H,20,22). The van der Waals surface area contributed by atoms with Gasteiger partial charge in [-0.3, -0.25) is 20.4 Å². The van der Waals surface area contributed by atoms with Crippen molar-refractivity contribution in [1.82, 2.24) is 10.9 Å². The third-order valence-corrected chi connectivity index (χ3v) is 3.82. The lowest BCUT2D eigenvalue weighted by molar-refractivity contribution is -0.121. The Morgan fingerprint density at radius 1 is 1.04 bits per heavy atom. The summed E-state index contributed by atoms with van der Waals surface area (Å²) in [6, 6.07) is 9.79. The summed E-state index contributed by atoms with van der Waals surface area (Å²) in [5.41, 5.74) is 5.70. The minimum Gasteiger partial charge on any atom is -0.454 e. The second-order valence-corrected chi connectivity index (χ2v) is 5.84. The van der Waals surface area contributed by atoms with E-state index in [0.29, 0.717) is 16.5 Å². The lowest BCUT2D eigenvalue weighted by atomic mass is 10.1. The number of hydrogen-bond donors (Lipinski definition) is 2. The van der Waals surface area contributed by atoms with Gasteiger partial charge in [0.1, 0.15) is 0 Å². The molecule has 1 aliphatic rings. The van der Waals surface area contributed by atoms with Gasteiger partial charge in [-0.1, -0.05) is 35.3 Å². The summed E-state index contributed by atoms with van der Waals surface area (Å²) in [6.07, 6.45) is 0.110. The van der Waals surface area contributed by atoms with Crippen molar-refractivity contribution in [2.75, 3.05) is 6.79 Å². The Kier molecular flexibility index (Phi) is 4.78. The number of carbonyl (C=O) groups excluding carboxylic acids is 2. The molecule has 24 heavy (non-hydrogen) atoms. The van der Waals surface area contributed by atoms with Gasteiger partial charge in [0.15, 0.2) is 11.5 Å². The van der Waals surface area contributed by atoms with Crippen LogP contribution in [-0.2, 0) is 11.2 Å². The van der Waals surface area contributed by atoms with E-state index in [0.717, 1.165) is 5.56 Å². The quantitative estimate of drug-likeness (QED) is 0.818. The summed E-state index contributed by atoms with van der Waals surface area (Å²) in [7, 11) is 0. The number of fused-ring (bicyclic) bond motifs is 1. The normalized spacial score (nSPS) is 11.9. The predicted molar refractivity (Wildman–Crippen MR) is 88.3 cm³/mol. The molecule has 2 amide bonds. The zero-order valence-electron chi connectivity index (χ0n) is 12.3. The monoisotopic (exact) mass is 366 g/mol. The third kappa shape index (κ3) is 3.72. The van der Waals surface area contributed by atoms with E-state index in [1.807, 2.05) is 0 Å². The molecule has 2 N–H and O–H groups in total. The van der Waals surface area contributed by atoms with Crippen molar-refractivity contribution in [2.24, 2.45) is 0 Å². The molecule has 0 saturated carbocycles.